The number of hydrogen-bond donors (Lipinski definition) is 1. The number of halogens is 1. The van der Waals surface area contributed by atoms with Gasteiger partial charge >= 0.3 is 0 Å². The van der Waals surface area contributed by atoms with Gasteiger partial charge in [-0.2, -0.15) is 5.10 Å². The Morgan fingerprint density at radius 2 is 2.31 bits per heavy atom. The summed E-state index contributed by atoms with van der Waals surface area (Å²) in [5, 5.41) is 9.64. The van der Waals surface area contributed by atoms with Gasteiger partial charge in [0.1, 0.15) is 5.69 Å². The second-order valence-electron chi connectivity index (χ2n) is 4.04. The lowest BCUT2D eigenvalue weighted by atomic mass is 10.0. The monoisotopic (exact) mass is 254 g/mol. The number of thiophene rings is 1. The topological polar surface area (TPSA) is 28.7 Å². The smallest absolute Gasteiger partial charge is 0.106 e. The molecule has 0 amide bonds. The Morgan fingerprint density at radius 1 is 1.50 bits per heavy atom. The molecular formula is C12H15ClN2S. The molecule has 0 fully saturated rings. The minimum Gasteiger partial charge on any atom is -0.281 e. The molecule has 0 spiro atoms. The Morgan fingerprint density at radius 3 is 2.88 bits per heavy atom. The van der Waals surface area contributed by atoms with Crippen LogP contribution in [0, 0.1) is 0 Å². The first kappa shape index (κ1) is 11.7. The van der Waals surface area contributed by atoms with E-state index in [0.717, 1.165) is 12.1 Å². The van der Waals surface area contributed by atoms with Gasteiger partial charge in [0.2, 0.25) is 0 Å². The van der Waals surface area contributed by atoms with Gasteiger partial charge in [0.05, 0.1) is 4.88 Å². The molecule has 2 aromatic heterocycles. The molecule has 16 heavy (non-hydrogen) atoms. The molecule has 4 heteroatoms. The van der Waals surface area contributed by atoms with Crippen molar-refractivity contribution in [3.63, 3.8) is 0 Å². The maximum absolute atomic E-state index is 5.86. The van der Waals surface area contributed by atoms with E-state index in [-0.39, 0.29) is 0 Å². The number of rotatable bonds is 4. The zero-order valence-corrected chi connectivity index (χ0v) is 11.0. The third-order valence-corrected chi connectivity index (χ3v) is 3.64. The number of alkyl halides is 1. The summed E-state index contributed by atoms with van der Waals surface area (Å²) in [5.41, 5.74) is 3.55. The van der Waals surface area contributed by atoms with Crippen LogP contribution in [0.4, 0.5) is 0 Å². The largest absolute Gasteiger partial charge is 0.281 e. The van der Waals surface area contributed by atoms with Crippen molar-refractivity contribution in [3.8, 4) is 10.6 Å². The van der Waals surface area contributed by atoms with E-state index in [1.54, 1.807) is 11.3 Å². The van der Waals surface area contributed by atoms with E-state index in [1.165, 1.54) is 16.1 Å². The van der Waals surface area contributed by atoms with Crippen LogP contribution in [0.1, 0.15) is 31.0 Å². The maximum atomic E-state index is 5.86. The van der Waals surface area contributed by atoms with Crippen LogP contribution < -0.4 is 0 Å². The lowest BCUT2D eigenvalue weighted by Crippen LogP contribution is -1.96. The molecule has 2 aromatic rings. The standard InChI is InChI=1S/C12H15ClN2S/c1-8(2)11-9(5-6-13)12(15-14-11)10-4-3-7-16-10/h3-4,7-8H,5-6H2,1-2H3,(H,14,15). The minimum absolute atomic E-state index is 0.458. The molecule has 0 aromatic carbocycles. The first-order valence-electron chi connectivity index (χ1n) is 5.41. The number of nitrogens with zero attached hydrogens (tertiary/aromatic N) is 1. The summed E-state index contributed by atoms with van der Waals surface area (Å²) in [4.78, 5) is 1.21. The summed E-state index contributed by atoms with van der Waals surface area (Å²) < 4.78 is 0. The molecule has 2 rings (SSSR count). The summed E-state index contributed by atoms with van der Waals surface area (Å²) in [5.74, 6) is 1.09. The Balaban J connectivity index is 2.46. The van der Waals surface area contributed by atoms with Crippen LogP contribution in [0.15, 0.2) is 17.5 Å². The van der Waals surface area contributed by atoms with E-state index in [2.05, 4.69) is 35.5 Å². The molecule has 0 atom stereocenters. The van der Waals surface area contributed by atoms with Crippen molar-refractivity contribution in [1.82, 2.24) is 10.2 Å². The highest BCUT2D eigenvalue weighted by Gasteiger charge is 2.16. The van der Waals surface area contributed by atoms with Crippen LogP contribution in [0.2, 0.25) is 0 Å². The van der Waals surface area contributed by atoms with Gasteiger partial charge in [0.25, 0.3) is 0 Å². The SMILES string of the molecule is CC(C)c1[nH]nc(-c2cccs2)c1CCCl. The minimum atomic E-state index is 0.458. The molecule has 0 saturated heterocycles. The molecular weight excluding hydrogens is 240 g/mol. The zero-order chi connectivity index (χ0) is 11.5. The van der Waals surface area contributed by atoms with Crippen molar-refractivity contribution in [2.45, 2.75) is 26.2 Å². The van der Waals surface area contributed by atoms with Gasteiger partial charge in [0.15, 0.2) is 0 Å². The van der Waals surface area contributed by atoms with Gasteiger partial charge in [-0.3, -0.25) is 5.10 Å². The van der Waals surface area contributed by atoms with Crippen molar-refractivity contribution in [1.29, 1.82) is 0 Å². The fourth-order valence-corrected chi connectivity index (χ4v) is 2.75. The second kappa shape index (κ2) is 5.02. The van der Waals surface area contributed by atoms with Gasteiger partial charge in [-0.05, 0) is 23.8 Å². The highest BCUT2D eigenvalue weighted by molar-refractivity contribution is 7.13. The Kier molecular flexibility index (Phi) is 3.66. The molecule has 0 bridgehead atoms. The molecule has 0 unspecified atom stereocenters. The number of H-pyrrole nitrogens is 1. The predicted octanol–water partition coefficient (Wildman–Crippen LogP) is 4.04. The molecule has 0 aliphatic heterocycles. The fraction of sp³-hybridized carbons (Fsp3) is 0.417. The van der Waals surface area contributed by atoms with Gasteiger partial charge < -0.3 is 0 Å². The molecule has 0 aliphatic carbocycles. The molecule has 0 radical (unpaired) electrons. The first-order chi connectivity index (χ1) is 7.74. The van der Waals surface area contributed by atoms with Crippen molar-refractivity contribution in [3.05, 3.63) is 28.8 Å². The van der Waals surface area contributed by atoms with Crippen LogP contribution in [-0.2, 0) is 6.42 Å². The third kappa shape index (κ3) is 2.15. The molecule has 2 heterocycles. The quantitative estimate of drug-likeness (QED) is 0.820. The fourth-order valence-electron chi connectivity index (χ4n) is 1.82. The van der Waals surface area contributed by atoms with Crippen molar-refractivity contribution < 1.29 is 0 Å². The number of aromatic amines is 1. The molecule has 2 nitrogen and oxygen atoms in total. The first-order valence-corrected chi connectivity index (χ1v) is 6.82. The lowest BCUT2D eigenvalue weighted by molar-refractivity contribution is 0.797. The summed E-state index contributed by atoms with van der Waals surface area (Å²) in [6.45, 7) is 4.34. The van der Waals surface area contributed by atoms with E-state index < -0.39 is 0 Å². The highest BCUT2D eigenvalue weighted by atomic mass is 35.5. The molecule has 1 N–H and O–H groups in total. The Bertz CT molecular complexity index is 446. The van der Waals surface area contributed by atoms with Crippen LogP contribution in [0.25, 0.3) is 10.6 Å². The van der Waals surface area contributed by atoms with E-state index >= 15 is 0 Å². The highest BCUT2D eigenvalue weighted by Crippen LogP contribution is 2.31. The Labute approximate surface area is 105 Å². The average Bonchev–Trinajstić information content (AvgIpc) is 2.84. The van der Waals surface area contributed by atoms with E-state index in [4.69, 9.17) is 11.6 Å². The number of hydrogen-bond acceptors (Lipinski definition) is 2. The van der Waals surface area contributed by atoms with E-state index in [1.807, 2.05) is 6.07 Å². The van der Waals surface area contributed by atoms with Crippen molar-refractivity contribution in [2.24, 2.45) is 0 Å². The molecule has 86 valence electrons. The predicted molar refractivity (Wildman–Crippen MR) is 70.4 cm³/mol. The average molecular weight is 255 g/mol. The molecule has 0 aliphatic rings. The van der Waals surface area contributed by atoms with Crippen LogP contribution in [0.3, 0.4) is 0 Å². The third-order valence-electron chi connectivity index (χ3n) is 2.58. The van der Waals surface area contributed by atoms with Gasteiger partial charge in [-0.25, -0.2) is 0 Å². The van der Waals surface area contributed by atoms with Crippen LogP contribution in [-0.4, -0.2) is 16.1 Å². The normalized spacial score (nSPS) is 11.2. The Hall–Kier alpha value is -0.800. The number of nitrogens with one attached hydrogen (secondary N) is 1. The van der Waals surface area contributed by atoms with E-state index in [0.29, 0.717) is 11.8 Å². The summed E-state index contributed by atoms with van der Waals surface area (Å²) in [6.07, 6.45) is 0.874. The van der Waals surface area contributed by atoms with Crippen LogP contribution >= 0.6 is 22.9 Å². The van der Waals surface area contributed by atoms with Gasteiger partial charge in [-0.15, -0.1) is 22.9 Å². The summed E-state index contributed by atoms with van der Waals surface area (Å²) in [7, 11) is 0. The maximum Gasteiger partial charge on any atom is 0.106 e. The van der Waals surface area contributed by atoms with Crippen LogP contribution in [0.5, 0.6) is 0 Å². The van der Waals surface area contributed by atoms with Gasteiger partial charge in [0, 0.05) is 17.1 Å². The molecule has 0 saturated carbocycles. The number of aromatic nitrogens is 2. The lowest BCUT2D eigenvalue weighted by Gasteiger charge is -2.05. The van der Waals surface area contributed by atoms with Crippen molar-refractivity contribution in [2.75, 3.05) is 5.88 Å². The summed E-state index contributed by atoms with van der Waals surface area (Å²) in [6, 6.07) is 4.15. The summed E-state index contributed by atoms with van der Waals surface area (Å²) >= 11 is 7.58. The second-order valence-corrected chi connectivity index (χ2v) is 5.36. The zero-order valence-electron chi connectivity index (χ0n) is 9.46. The van der Waals surface area contributed by atoms with Crippen molar-refractivity contribution >= 4 is 22.9 Å². The van der Waals surface area contributed by atoms with E-state index in [9.17, 15) is 0 Å². The van der Waals surface area contributed by atoms with Gasteiger partial charge in [-0.1, -0.05) is 19.9 Å².